The average Bonchev–Trinajstić information content (AvgIpc) is 2.58. The van der Waals surface area contributed by atoms with Gasteiger partial charge in [0.1, 0.15) is 12.8 Å². The number of anilines is 1. The van der Waals surface area contributed by atoms with Gasteiger partial charge in [-0.2, -0.15) is 8.42 Å². The molecule has 1 rings (SSSR count). The van der Waals surface area contributed by atoms with Gasteiger partial charge in [0.25, 0.3) is 0 Å². The van der Waals surface area contributed by atoms with Crippen molar-refractivity contribution in [3.05, 3.63) is 11.1 Å². The first-order chi connectivity index (χ1) is 7.83. The summed E-state index contributed by atoms with van der Waals surface area (Å²) in [5.74, 6) is -1.18. The van der Waals surface area contributed by atoms with Gasteiger partial charge in [0.2, 0.25) is 5.71 Å². The maximum atomic E-state index is 11.5. The van der Waals surface area contributed by atoms with E-state index >= 15 is 0 Å². The van der Waals surface area contributed by atoms with Gasteiger partial charge < -0.3 is 14.8 Å². The van der Waals surface area contributed by atoms with Crippen molar-refractivity contribution < 1.29 is 22.2 Å². The van der Waals surface area contributed by atoms with Crippen molar-refractivity contribution in [2.24, 2.45) is 5.16 Å². The molecule has 8 nitrogen and oxygen atoms in total. The zero-order chi connectivity index (χ0) is 13.1. The Morgan fingerprint density at radius 3 is 2.65 bits per heavy atom. The molecule has 0 aliphatic carbocycles. The molecule has 0 unspecified atom stereocenters. The van der Waals surface area contributed by atoms with E-state index in [0.29, 0.717) is 0 Å². The summed E-state index contributed by atoms with van der Waals surface area (Å²) in [5, 5.41) is 4.99. The predicted molar refractivity (Wildman–Crippen MR) is 61.0 cm³/mol. The fraction of sp³-hybridized carbons (Fsp3) is 0.286. The lowest BCUT2D eigenvalue weighted by atomic mass is 10.3. The standard InChI is InChI=1S/C7H9N3O5S2/c1-14-10-5(4-3-16-7(8)9-4)6(11)15-17(2,12)13/h3H,1-2H3,(H2,8,9). The maximum Gasteiger partial charge on any atom is 0.378 e. The monoisotopic (exact) mass is 279 g/mol. The Labute approximate surface area is 101 Å². The molecule has 0 atom stereocenters. The SMILES string of the molecule is CON=C(C(=O)OS(C)(=O)=O)c1csc(N)n1. The predicted octanol–water partition coefficient (Wildman–Crippen LogP) is -0.421. The quantitative estimate of drug-likeness (QED) is 0.451. The van der Waals surface area contributed by atoms with Crippen molar-refractivity contribution in [3.63, 3.8) is 0 Å². The number of hydrogen-bond donors (Lipinski definition) is 1. The third-order valence-electron chi connectivity index (χ3n) is 1.37. The molecule has 94 valence electrons. The van der Waals surface area contributed by atoms with Crippen LogP contribution in [0, 0.1) is 0 Å². The number of aromatic nitrogens is 1. The third-order valence-corrected chi connectivity index (χ3v) is 2.50. The van der Waals surface area contributed by atoms with E-state index < -0.39 is 16.1 Å². The Hall–Kier alpha value is -1.68. The molecule has 0 aliphatic heterocycles. The number of nitrogens with two attached hydrogens (primary N) is 1. The average molecular weight is 279 g/mol. The first-order valence-electron chi connectivity index (χ1n) is 4.10. The molecule has 0 saturated heterocycles. The van der Waals surface area contributed by atoms with Gasteiger partial charge in [-0.05, 0) is 0 Å². The number of nitrogens with zero attached hydrogens (tertiary/aromatic N) is 2. The molecular formula is C7H9N3O5S2. The summed E-state index contributed by atoms with van der Waals surface area (Å²) >= 11 is 1.07. The highest BCUT2D eigenvalue weighted by molar-refractivity contribution is 7.86. The molecule has 0 saturated carbocycles. The molecular weight excluding hydrogens is 270 g/mol. The number of rotatable bonds is 4. The zero-order valence-electron chi connectivity index (χ0n) is 8.91. The fourth-order valence-corrected chi connectivity index (χ4v) is 1.75. The second-order valence-corrected chi connectivity index (χ2v) is 5.23. The van der Waals surface area contributed by atoms with Crippen molar-refractivity contribution in [2.45, 2.75) is 0 Å². The lowest BCUT2D eigenvalue weighted by molar-refractivity contribution is -0.126. The van der Waals surface area contributed by atoms with E-state index in [0.717, 1.165) is 17.6 Å². The minimum Gasteiger partial charge on any atom is -0.398 e. The van der Waals surface area contributed by atoms with Crippen molar-refractivity contribution >= 4 is 38.3 Å². The summed E-state index contributed by atoms with van der Waals surface area (Å²) < 4.78 is 25.8. The Morgan fingerprint density at radius 1 is 1.59 bits per heavy atom. The van der Waals surface area contributed by atoms with Crippen LogP contribution in [0.25, 0.3) is 0 Å². The number of oxime groups is 1. The molecule has 17 heavy (non-hydrogen) atoms. The third kappa shape index (κ3) is 4.00. The van der Waals surface area contributed by atoms with Crippen molar-refractivity contribution in [1.29, 1.82) is 0 Å². The molecule has 0 spiro atoms. The van der Waals surface area contributed by atoms with Gasteiger partial charge in [0.05, 0.1) is 6.26 Å². The second-order valence-electron chi connectivity index (χ2n) is 2.77. The van der Waals surface area contributed by atoms with Crippen molar-refractivity contribution in [3.8, 4) is 0 Å². The van der Waals surface area contributed by atoms with Crippen LogP contribution < -0.4 is 5.73 Å². The maximum absolute atomic E-state index is 11.5. The van der Waals surface area contributed by atoms with Crippen LogP contribution in [0.1, 0.15) is 5.69 Å². The highest BCUT2D eigenvalue weighted by Crippen LogP contribution is 2.13. The summed E-state index contributed by atoms with van der Waals surface area (Å²) in [6.45, 7) is 0. The Kier molecular flexibility index (Phi) is 4.02. The van der Waals surface area contributed by atoms with Crippen LogP contribution in [0.2, 0.25) is 0 Å². The van der Waals surface area contributed by atoms with Crippen molar-refractivity contribution in [2.75, 3.05) is 19.1 Å². The molecule has 2 N–H and O–H groups in total. The number of nitrogen functional groups attached to an aromatic ring is 1. The Bertz CT molecular complexity index is 548. The minimum atomic E-state index is -3.93. The molecule has 1 heterocycles. The normalized spacial score (nSPS) is 12.2. The zero-order valence-corrected chi connectivity index (χ0v) is 10.5. The topological polar surface area (TPSA) is 121 Å². The largest absolute Gasteiger partial charge is 0.398 e. The van der Waals surface area contributed by atoms with E-state index in [-0.39, 0.29) is 16.5 Å². The number of hydrogen-bond acceptors (Lipinski definition) is 9. The number of carbonyl (C=O) groups is 1. The van der Waals surface area contributed by atoms with E-state index in [2.05, 4.69) is 19.2 Å². The second kappa shape index (κ2) is 5.10. The highest BCUT2D eigenvalue weighted by atomic mass is 32.2. The fourth-order valence-electron chi connectivity index (χ4n) is 0.853. The van der Waals surface area contributed by atoms with Crippen LogP contribution in [0.15, 0.2) is 10.5 Å². The lowest BCUT2D eigenvalue weighted by Gasteiger charge is -2.01. The van der Waals surface area contributed by atoms with Gasteiger partial charge in [-0.1, -0.05) is 5.16 Å². The molecule has 0 bridgehead atoms. The van der Waals surface area contributed by atoms with Gasteiger partial charge in [0.15, 0.2) is 5.13 Å². The van der Waals surface area contributed by atoms with Crippen LogP contribution in [-0.4, -0.2) is 38.4 Å². The molecule has 0 aromatic carbocycles. The molecule has 0 fully saturated rings. The van der Waals surface area contributed by atoms with Gasteiger partial charge in [-0.25, -0.2) is 9.78 Å². The summed E-state index contributed by atoms with van der Waals surface area (Å²) in [6, 6.07) is 0. The molecule has 1 aromatic rings. The van der Waals surface area contributed by atoms with Crippen LogP contribution in [-0.2, 0) is 23.9 Å². The molecule has 10 heteroatoms. The number of thiazole rings is 1. The van der Waals surface area contributed by atoms with E-state index in [1.165, 1.54) is 12.5 Å². The van der Waals surface area contributed by atoms with Gasteiger partial charge in [-0.3, -0.25) is 0 Å². The lowest BCUT2D eigenvalue weighted by Crippen LogP contribution is -2.22. The smallest absolute Gasteiger partial charge is 0.378 e. The first kappa shape index (κ1) is 13.4. The van der Waals surface area contributed by atoms with Gasteiger partial charge in [-0.15, -0.1) is 11.3 Å². The molecule has 0 amide bonds. The van der Waals surface area contributed by atoms with E-state index in [1.54, 1.807) is 0 Å². The van der Waals surface area contributed by atoms with E-state index in [9.17, 15) is 13.2 Å². The van der Waals surface area contributed by atoms with Crippen LogP contribution in [0.4, 0.5) is 5.13 Å². The molecule has 0 radical (unpaired) electrons. The van der Waals surface area contributed by atoms with Gasteiger partial charge >= 0.3 is 16.1 Å². The Morgan fingerprint density at radius 2 is 2.24 bits per heavy atom. The van der Waals surface area contributed by atoms with Gasteiger partial charge in [0, 0.05) is 5.38 Å². The van der Waals surface area contributed by atoms with Crippen LogP contribution in [0.3, 0.4) is 0 Å². The first-order valence-corrected chi connectivity index (χ1v) is 6.79. The Balaban J connectivity index is 3.03. The van der Waals surface area contributed by atoms with Crippen LogP contribution >= 0.6 is 11.3 Å². The summed E-state index contributed by atoms with van der Waals surface area (Å²) in [4.78, 5) is 19.7. The number of carbonyl (C=O) groups excluding carboxylic acids is 1. The van der Waals surface area contributed by atoms with Crippen molar-refractivity contribution in [1.82, 2.24) is 4.98 Å². The van der Waals surface area contributed by atoms with E-state index in [4.69, 9.17) is 5.73 Å². The summed E-state index contributed by atoms with van der Waals surface area (Å²) in [7, 11) is -2.73. The summed E-state index contributed by atoms with van der Waals surface area (Å²) in [6.07, 6.45) is 0.741. The molecule has 1 aromatic heterocycles. The summed E-state index contributed by atoms with van der Waals surface area (Å²) in [5.41, 5.74) is 5.10. The van der Waals surface area contributed by atoms with Crippen LogP contribution in [0.5, 0.6) is 0 Å². The van der Waals surface area contributed by atoms with E-state index in [1.807, 2.05) is 0 Å². The minimum absolute atomic E-state index is 0.0861. The highest BCUT2D eigenvalue weighted by Gasteiger charge is 2.23. The molecule has 0 aliphatic rings.